The smallest absolute Gasteiger partial charge is 0.250 e. The van der Waals surface area contributed by atoms with E-state index in [1.54, 1.807) is 6.07 Å². The molecule has 1 heterocycles. The van der Waals surface area contributed by atoms with Gasteiger partial charge >= 0.3 is 0 Å². The largest absolute Gasteiger partial charge is 0.354 e. The molecule has 0 bridgehead atoms. The maximum atomic E-state index is 11.8. The molecule has 0 atom stereocenters. The summed E-state index contributed by atoms with van der Waals surface area (Å²) in [5.41, 5.74) is 0. The Labute approximate surface area is 119 Å². The first-order chi connectivity index (χ1) is 8.31. The van der Waals surface area contributed by atoms with Crippen LogP contribution in [-0.2, 0) is 14.8 Å². The fraction of sp³-hybridized carbons (Fsp3) is 0.500. The average molecular weight is 355 g/mol. The minimum Gasteiger partial charge on any atom is -0.354 e. The van der Waals surface area contributed by atoms with Gasteiger partial charge in [0.15, 0.2) is 0 Å². The summed E-state index contributed by atoms with van der Waals surface area (Å²) in [5.74, 6) is -0.167. The molecule has 2 N–H and O–H groups in total. The first kappa shape index (κ1) is 15.6. The van der Waals surface area contributed by atoms with Gasteiger partial charge in [0, 0.05) is 19.0 Å². The van der Waals surface area contributed by atoms with Crippen LogP contribution in [-0.4, -0.2) is 26.9 Å². The standard InChI is InChI=1S/C10H15BrN2O3S2/c1-7(2)13-9(14)5-6-12-18(15,16)10-4-3-8(11)17-10/h3-4,7,12H,5-6H2,1-2H3,(H,13,14). The first-order valence-corrected chi connectivity index (χ1v) is 8.45. The van der Waals surface area contributed by atoms with E-state index in [1.165, 1.54) is 6.07 Å². The number of hydrogen-bond donors (Lipinski definition) is 2. The van der Waals surface area contributed by atoms with Crippen molar-refractivity contribution in [2.75, 3.05) is 6.54 Å². The van der Waals surface area contributed by atoms with Crippen LogP contribution in [0.25, 0.3) is 0 Å². The van der Waals surface area contributed by atoms with Gasteiger partial charge in [-0.2, -0.15) is 0 Å². The molecule has 102 valence electrons. The van der Waals surface area contributed by atoms with Crippen LogP contribution in [0, 0.1) is 0 Å². The molecule has 0 aromatic carbocycles. The monoisotopic (exact) mass is 354 g/mol. The summed E-state index contributed by atoms with van der Waals surface area (Å²) in [6, 6.07) is 3.25. The predicted molar refractivity (Wildman–Crippen MR) is 75.1 cm³/mol. The number of rotatable bonds is 6. The van der Waals surface area contributed by atoms with Gasteiger partial charge in [-0.25, -0.2) is 13.1 Å². The second-order valence-electron chi connectivity index (χ2n) is 3.93. The summed E-state index contributed by atoms with van der Waals surface area (Å²) in [6.07, 6.45) is 0.129. The highest BCUT2D eigenvalue weighted by molar-refractivity contribution is 9.11. The van der Waals surface area contributed by atoms with E-state index in [1.807, 2.05) is 13.8 Å². The van der Waals surface area contributed by atoms with Gasteiger partial charge in [0.05, 0.1) is 3.79 Å². The van der Waals surface area contributed by atoms with Crippen molar-refractivity contribution in [2.45, 2.75) is 30.5 Å². The third-order valence-corrected chi connectivity index (χ3v) is 5.48. The molecule has 5 nitrogen and oxygen atoms in total. The molecule has 0 radical (unpaired) electrons. The quantitative estimate of drug-likeness (QED) is 0.816. The average Bonchev–Trinajstić information content (AvgIpc) is 2.64. The number of carbonyl (C=O) groups excluding carboxylic acids is 1. The van der Waals surface area contributed by atoms with Crippen molar-refractivity contribution in [2.24, 2.45) is 0 Å². The molecule has 18 heavy (non-hydrogen) atoms. The molecule has 0 fully saturated rings. The lowest BCUT2D eigenvalue weighted by Gasteiger charge is -2.08. The van der Waals surface area contributed by atoms with Gasteiger partial charge in [0.1, 0.15) is 4.21 Å². The summed E-state index contributed by atoms with van der Waals surface area (Å²) < 4.78 is 27.0. The Balaban J connectivity index is 2.46. The summed E-state index contributed by atoms with van der Waals surface area (Å²) >= 11 is 4.34. The number of hydrogen-bond acceptors (Lipinski definition) is 4. The Hall–Kier alpha value is -0.440. The maximum absolute atomic E-state index is 11.8. The predicted octanol–water partition coefficient (Wildman–Crippen LogP) is 1.70. The van der Waals surface area contributed by atoms with E-state index in [2.05, 4.69) is 26.0 Å². The lowest BCUT2D eigenvalue weighted by atomic mass is 10.3. The van der Waals surface area contributed by atoms with Gasteiger partial charge in [-0.1, -0.05) is 0 Å². The van der Waals surface area contributed by atoms with Crippen LogP contribution in [0.5, 0.6) is 0 Å². The summed E-state index contributed by atoms with van der Waals surface area (Å²) in [4.78, 5) is 11.3. The lowest BCUT2D eigenvalue weighted by molar-refractivity contribution is -0.121. The van der Waals surface area contributed by atoms with Crippen LogP contribution in [0.1, 0.15) is 20.3 Å². The number of halogens is 1. The molecule has 1 rings (SSSR count). The SMILES string of the molecule is CC(C)NC(=O)CCNS(=O)(=O)c1ccc(Br)s1. The summed E-state index contributed by atoms with van der Waals surface area (Å²) in [5, 5.41) is 2.69. The molecule has 0 spiro atoms. The molecule has 0 unspecified atom stereocenters. The molecular formula is C10H15BrN2O3S2. The Morgan fingerprint density at radius 1 is 1.44 bits per heavy atom. The second-order valence-corrected chi connectivity index (χ2v) is 8.39. The van der Waals surface area contributed by atoms with Crippen molar-refractivity contribution in [3.63, 3.8) is 0 Å². The van der Waals surface area contributed by atoms with Gasteiger partial charge in [-0.05, 0) is 41.9 Å². The van der Waals surface area contributed by atoms with Crippen molar-refractivity contribution in [1.82, 2.24) is 10.0 Å². The van der Waals surface area contributed by atoms with Crippen LogP contribution >= 0.6 is 27.3 Å². The molecule has 1 amide bonds. The van der Waals surface area contributed by atoms with Gasteiger partial charge in [0.25, 0.3) is 0 Å². The van der Waals surface area contributed by atoms with Crippen LogP contribution in [0.15, 0.2) is 20.1 Å². The van der Waals surface area contributed by atoms with Crippen molar-refractivity contribution >= 4 is 43.2 Å². The normalized spacial score (nSPS) is 11.8. The highest BCUT2D eigenvalue weighted by Gasteiger charge is 2.16. The molecule has 0 aliphatic heterocycles. The van der Waals surface area contributed by atoms with Crippen molar-refractivity contribution in [3.8, 4) is 0 Å². The topological polar surface area (TPSA) is 75.3 Å². The van der Waals surface area contributed by atoms with E-state index in [0.29, 0.717) is 0 Å². The van der Waals surface area contributed by atoms with Crippen molar-refractivity contribution in [1.29, 1.82) is 0 Å². The zero-order valence-electron chi connectivity index (χ0n) is 10.1. The first-order valence-electron chi connectivity index (χ1n) is 5.35. The zero-order chi connectivity index (χ0) is 13.8. The Morgan fingerprint density at radius 3 is 2.61 bits per heavy atom. The second kappa shape index (κ2) is 6.65. The van der Waals surface area contributed by atoms with E-state index in [-0.39, 0.29) is 29.1 Å². The molecule has 0 saturated heterocycles. The van der Waals surface area contributed by atoms with E-state index in [4.69, 9.17) is 0 Å². The number of amides is 1. The molecule has 8 heteroatoms. The molecular weight excluding hydrogens is 340 g/mol. The Kier molecular flexibility index (Phi) is 5.77. The van der Waals surface area contributed by atoms with Crippen LogP contribution in [0.4, 0.5) is 0 Å². The van der Waals surface area contributed by atoms with Gasteiger partial charge in [-0.15, -0.1) is 11.3 Å². The highest BCUT2D eigenvalue weighted by atomic mass is 79.9. The zero-order valence-corrected chi connectivity index (χ0v) is 13.3. The Bertz CT molecular complexity index is 511. The molecule has 0 saturated carbocycles. The molecule has 1 aromatic rings. The summed E-state index contributed by atoms with van der Waals surface area (Å²) in [6.45, 7) is 3.80. The van der Waals surface area contributed by atoms with E-state index in [0.717, 1.165) is 15.1 Å². The third-order valence-electron chi connectivity index (χ3n) is 1.91. The minimum atomic E-state index is -3.51. The maximum Gasteiger partial charge on any atom is 0.250 e. The number of sulfonamides is 1. The van der Waals surface area contributed by atoms with Crippen molar-refractivity contribution < 1.29 is 13.2 Å². The third kappa shape index (κ3) is 5.05. The van der Waals surface area contributed by atoms with Gasteiger partial charge in [0.2, 0.25) is 15.9 Å². The fourth-order valence-electron chi connectivity index (χ4n) is 1.21. The minimum absolute atomic E-state index is 0.0577. The number of carbonyl (C=O) groups is 1. The molecule has 0 aliphatic carbocycles. The lowest BCUT2D eigenvalue weighted by Crippen LogP contribution is -2.33. The van der Waals surface area contributed by atoms with E-state index < -0.39 is 10.0 Å². The van der Waals surface area contributed by atoms with Gasteiger partial charge in [-0.3, -0.25) is 4.79 Å². The van der Waals surface area contributed by atoms with E-state index >= 15 is 0 Å². The van der Waals surface area contributed by atoms with Crippen LogP contribution in [0.2, 0.25) is 0 Å². The fourth-order valence-corrected chi connectivity index (χ4v) is 4.29. The van der Waals surface area contributed by atoms with E-state index in [9.17, 15) is 13.2 Å². The van der Waals surface area contributed by atoms with Crippen LogP contribution < -0.4 is 10.0 Å². The van der Waals surface area contributed by atoms with Gasteiger partial charge < -0.3 is 5.32 Å². The highest BCUT2D eigenvalue weighted by Crippen LogP contribution is 2.25. The molecule has 0 aliphatic rings. The van der Waals surface area contributed by atoms with Crippen molar-refractivity contribution in [3.05, 3.63) is 15.9 Å². The number of nitrogens with one attached hydrogen (secondary N) is 2. The Morgan fingerprint density at radius 2 is 2.11 bits per heavy atom. The van der Waals surface area contributed by atoms with Crippen LogP contribution in [0.3, 0.4) is 0 Å². The number of thiophene rings is 1. The summed E-state index contributed by atoms with van der Waals surface area (Å²) in [7, 11) is -3.51. The molecule has 1 aromatic heterocycles.